The van der Waals surface area contributed by atoms with Gasteiger partial charge in [-0.05, 0) is 56.5 Å². The molecule has 1 aliphatic carbocycles. The maximum Gasteiger partial charge on any atom is 0.131 e. The van der Waals surface area contributed by atoms with Gasteiger partial charge in [0.25, 0.3) is 0 Å². The smallest absolute Gasteiger partial charge is 0.131 e. The van der Waals surface area contributed by atoms with Crippen LogP contribution < -0.4 is 5.32 Å². The summed E-state index contributed by atoms with van der Waals surface area (Å²) in [6.45, 7) is 2.17. The molecule has 0 aromatic carbocycles. The summed E-state index contributed by atoms with van der Waals surface area (Å²) in [5.74, 6) is 2.22. The van der Waals surface area contributed by atoms with Gasteiger partial charge in [0.15, 0.2) is 0 Å². The first-order chi connectivity index (χ1) is 10.4. The zero-order valence-corrected chi connectivity index (χ0v) is 12.1. The van der Waals surface area contributed by atoms with Crippen LogP contribution >= 0.6 is 0 Å². The van der Waals surface area contributed by atoms with E-state index in [0.29, 0.717) is 11.8 Å². The van der Waals surface area contributed by atoms with Crippen molar-refractivity contribution in [3.05, 3.63) is 42.2 Å². The predicted molar refractivity (Wildman–Crippen MR) is 82.1 cm³/mol. The van der Waals surface area contributed by atoms with E-state index in [0.717, 1.165) is 18.9 Å². The quantitative estimate of drug-likeness (QED) is 0.939. The number of piperidine rings is 1. The predicted octanol–water partition coefficient (Wildman–Crippen LogP) is 2.88. The molecule has 0 unspecified atom stereocenters. The molecule has 0 atom stereocenters. The molecule has 0 amide bonds. The Morgan fingerprint density at radius 3 is 2.43 bits per heavy atom. The second-order valence-corrected chi connectivity index (χ2v) is 6.06. The van der Waals surface area contributed by atoms with Crippen molar-refractivity contribution < 1.29 is 0 Å². The first-order valence-electron chi connectivity index (χ1n) is 7.90. The fraction of sp³-hybridized carbons (Fsp3) is 0.471. The lowest BCUT2D eigenvalue weighted by atomic mass is 9.90. The lowest BCUT2D eigenvalue weighted by molar-refractivity contribution is 0.452. The molecule has 3 heterocycles. The first kappa shape index (κ1) is 12.9. The molecular weight excluding hydrogens is 260 g/mol. The van der Waals surface area contributed by atoms with Crippen LogP contribution in [0.25, 0.3) is 11.1 Å². The minimum atomic E-state index is 0.551. The van der Waals surface area contributed by atoms with Crippen LogP contribution in [0, 0.1) is 0 Å². The molecule has 21 heavy (non-hydrogen) atoms. The van der Waals surface area contributed by atoms with Crippen LogP contribution in [0.4, 0.5) is 0 Å². The molecule has 1 saturated heterocycles. The molecule has 2 aliphatic rings. The van der Waals surface area contributed by atoms with Gasteiger partial charge >= 0.3 is 0 Å². The molecule has 1 N–H and O–H groups in total. The van der Waals surface area contributed by atoms with E-state index in [-0.39, 0.29) is 0 Å². The van der Waals surface area contributed by atoms with Gasteiger partial charge in [-0.15, -0.1) is 0 Å². The molecular formula is C17H20N4. The summed E-state index contributed by atoms with van der Waals surface area (Å²) in [5, 5.41) is 3.44. The van der Waals surface area contributed by atoms with Gasteiger partial charge in [-0.3, -0.25) is 4.98 Å². The Morgan fingerprint density at radius 2 is 1.71 bits per heavy atom. The van der Waals surface area contributed by atoms with Crippen LogP contribution in [0.5, 0.6) is 0 Å². The average Bonchev–Trinajstić information content (AvgIpc) is 3.41. The number of aromatic nitrogens is 3. The number of pyridine rings is 1. The van der Waals surface area contributed by atoms with E-state index in [1.807, 2.05) is 18.6 Å². The highest BCUT2D eigenvalue weighted by atomic mass is 14.9. The fourth-order valence-electron chi connectivity index (χ4n) is 3.11. The Bertz CT molecular complexity index is 616. The summed E-state index contributed by atoms with van der Waals surface area (Å²) in [7, 11) is 0. The zero-order valence-electron chi connectivity index (χ0n) is 12.1. The minimum absolute atomic E-state index is 0.551. The average molecular weight is 280 g/mol. The van der Waals surface area contributed by atoms with E-state index in [1.165, 1.54) is 42.5 Å². The number of nitrogens with one attached hydrogen (secondary N) is 1. The third-order valence-corrected chi connectivity index (χ3v) is 4.50. The van der Waals surface area contributed by atoms with Crippen molar-refractivity contribution >= 4 is 0 Å². The molecule has 0 radical (unpaired) electrons. The molecule has 1 saturated carbocycles. The summed E-state index contributed by atoms with van der Waals surface area (Å²) in [5.41, 5.74) is 3.62. The Labute approximate surface area is 125 Å². The molecule has 2 aromatic rings. The number of nitrogens with zero attached hydrogens (tertiary/aromatic N) is 3. The summed E-state index contributed by atoms with van der Waals surface area (Å²) in [6.07, 6.45) is 10.6. The third-order valence-electron chi connectivity index (χ3n) is 4.50. The fourth-order valence-corrected chi connectivity index (χ4v) is 3.11. The van der Waals surface area contributed by atoms with Gasteiger partial charge in [-0.1, -0.05) is 0 Å². The van der Waals surface area contributed by atoms with Crippen LogP contribution in [0.2, 0.25) is 0 Å². The van der Waals surface area contributed by atoms with E-state index in [4.69, 9.17) is 4.98 Å². The summed E-state index contributed by atoms with van der Waals surface area (Å²) < 4.78 is 0. The molecule has 108 valence electrons. The largest absolute Gasteiger partial charge is 0.317 e. The van der Waals surface area contributed by atoms with Gasteiger partial charge in [-0.2, -0.15) is 0 Å². The molecule has 1 aliphatic heterocycles. The van der Waals surface area contributed by atoms with Crippen molar-refractivity contribution in [3.8, 4) is 11.1 Å². The Kier molecular flexibility index (Phi) is 3.39. The van der Waals surface area contributed by atoms with Crippen LogP contribution in [0.1, 0.15) is 49.0 Å². The topological polar surface area (TPSA) is 50.7 Å². The molecule has 0 spiro atoms. The molecule has 2 fully saturated rings. The van der Waals surface area contributed by atoms with E-state index in [9.17, 15) is 0 Å². The lowest BCUT2D eigenvalue weighted by Gasteiger charge is -2.24. The summed E-state index contributed by atoms with van der Waals surface area (Å²) >= 11 is 0. The van der Waals surface area contributed by atoms with Gasteiger partial charge in [0, 0.05) is 36.0 Å². The van der Waals surface area contributed by atoms with Gasteiger partial charge < -0.3 is 5.32 Å². The highest BCUT2D eigenvalue weighted by molar-refractivity contribution is 5.65. The highest BCUT2D eigenvalue weighted by Gasteiger charge is 2.29. The van der Waals surface area contributed by atoms with Crippen LogP contribution in [0.15, 0.2) is 30.7 Å². The van der Waals surface area contributed by atoms with Crippen LogP contribution in [-0.2, 0) is 0 Å². The van der Waals surface area contributed by atoms with Crippen molar-refractivity contribution in [1.29, 1.82) is 0 Å². The standard InChI is InChI=1S/C17H20N4/c1-2-14(1)17-20-11-15(12-3-7-18-8-4-12)16(21-17)13-5-9-19-10-6-13/h3-4,7-8,11,13-14,19H,1-2,5-6,9-10H2. The lowest BCUT2D eigenvalue weighted by Crippen LogP contribution is -2.27. The Morgan fingerprint density at radius 1 is 0.952 bits per heavy atom. The maximum absolute atomic E-state index is 4.98. The van der Waals surface area contributed by atoms with Crippen molar-refractivity contribution in [3.63, 3.8) is 0 Å². The highest BCUT2D eigenvalue weighted by Crippen LogP contribution is 2.40. The molecule has 2 aromatic heterocycles. The molecule has 4 rings (SSSR count). The molecule has 0 bridgehead atoms. The molecule has 4 nitrogen and oxygen atoms in total. The molecule has 4 heteroatoms. The van der Waals surface area contributed by atoms with E-state index in [1.54, 1.807) is 0 Å². The van der Waals surface area contributed by atoms with Gasteiger partial charge in [0.05, 0.1) is 5.69 Å². The third kappa shape index (κ3) is 2.68. The van der Waals surface area contributed by atoms with Crippen LogP contribution in [0.3, 0.4) is 0 Å². The second kappa shape index (κ2) is 5.53. The van der Waals surface area contributed by atoms with E-state index < -0.39 is 0 Å². The van der Waals surface area contributed by atoms with Gasteiger partial charge in [-0.25, -0.2) is 9.97 Å². The van der Waals surface area contributed by atoms with Crippen LogP contribution in [-0.4, -0.2) is 28.0 Å². The monoisotopic (exact) mass is 280 g/mol. The SMILES string of the molecule is c1cc(-c2cnc(C3CC3)nc2C2CCNCC2)ccn1. The Balaban J connectivity index is 1.77. The van der Waals surface area contributed by atoms with Gasteiger partial charge in [0.2, 0.25) is 0 Å². The van der Waals surface area contributed by atoms with Crippen molar-refractivity contribution in [2.24, 2.45) is 0 Å². The van der Waals surface area contributed by atoms with E-state index in [2.05, 4.69) is 27.4 Å². The van der Waals surface area contributed by atoms with Crippen molar-refractivity contribution in [2.45, 2.75) is 37.5 Å². The van der Waals surface area contributed by atoms with Gasteiger partial charge in [0.1, 0.15) is 5.82 Å². The minimum Gasteiger partial charge on any atom is -0.317 e. The number of rotatable bonds is 3. The summed E-state index contributed by atoms with van der Waals surface area (Å²) in [4.78, 5) is 13.7. The van der Waals surface area contributed by atoms with Crippen molar-refractivity contribution in [1.82, 2.24) is 20.3 Å². The zero-order chi connectivity index (χ0) is 14.1. The first-order valence-corrected chi connectivity index (χ1v) is 7.90. The second-order valence-electron chi connectivity index (χ2n) is 6.06. The number of hydrogen-bond donors (Lipinski definition) is 1. The van der Waals surface area contributed by atoms with Crippen molar-refractivity contribution in [2.75, 3.05) is 13.1 Å². The number of hydrogen-bond acceptors (Lipinski definition) is 4. The Hall–Kier alpha value is -1.81. The normalized spacial score (nSPS) is 19.6. The summed E-state index contributed by atoms with van der Waals surface area (Å²) in [6, 6.07) is 4.11. The maximum atomic E-state index is 4.98. The van der Waals surface area contributed by atoms with E-state index >= 15 is 0 Å².